The van der Waals surface area contributed by atoms with Crippen molar-refractivity contribution < 1.29 is 22.5 Å². The lowest BCUT2D eigenvalue weighted by Crippen LogP contribution is -2.25. The number of methoxy groups -OCH3 is 1. The summed E-state index contributed by atoms with van der Waals surface area (Å²) in [5.74, 6) is 0.583. The van der Waals surface area contributed by atoms with E-state index in [-0.39, 0.29) is 23.0 Å². The minimum absolute atomic E-state index is 0.128. The molecule has 0 saturated heterocycles. The van der Waals surface area contributed by atoms with Gasteiger partial charge >= 0.3 is 0 Å². The molecule has 3 rings (SSSR count). The van der Waals surface area contributed by atoms with Crippen LogP contribution in [0.25, 0.3) is 11.3 Å². The van der Waals surface area contributed by atoms with Crippen LogP contribution in [-0.2, 0) is 21.2 Å². The van der Waals surface area contributed by atoms with E-state index in [4.69, 9.17) is 9.26 Å². The molecule has 0 spiro atoms. The molecule has 30 heavy (non-hydrogen) atoms. The molecule has 0 atom stereocenters. The van der Waals surface area contributed by atoms with Crippen molar-refractivity contribution in [1.29, 1.82) is 0 Å². The maximum atomic E-state index is 12.9. The van der Waals surface area contributed by atoms with Crippen LogP contribution in [0.4, 0.5) is 0 Å². The third kappa shape index (κ3) is 5.27. The van der Waals surface area contributed by atoms with E-state index >= 15 is 0 Å². The van der Waals surface area contributed by atoms with Crippen LogP contribution in [0.5, 0.6) is 5.75 Å². The van der Waals surface area contributed by atoms with Crippen molar-refractivity contribution in [2.75, 3.05) is 12.9 Å². The fraction of sp³-hybridized carbons (Fsp3) is 0.273. The van der Waals surface area contributed by atoms with E-state index in [1.54, 1.807) is 45.2 Å². The molecule has 158 valence electrons. The quantitative estimate of drug-likeness (QED) is 0.590. The van der Waals surface area contributed by atoms with E-state index in [1.165, 1.54) is 0 Å². The summed E-state index contributed by atoms with van der Waals surface area (Å²) < 4.78 is 36.1. The second kappa shape index (κ2) is 9.13. The molecule has 3 aromatic rings. The molecule has 1 amide bonds. The first-order valence-electron chi connectivity index (χ1n) is 9.45. The smallest absolute Gasteiger partial charge is 0.221 e. The average Bonchev–Trinajstić information content (AvgIpc) is 3.17. The fourth-order valence-corrected chi connectivity index (χ4v) is 4.54. The first-order valence-corrected chi connectivity index (χ1v) is 11.1. The normalized spacial score (nSPS) is 11.3. The highest BCUT2D eigenvalue weighted by Gasteiger charge is 2.20. The maximum Gasteiger partial charge on any atom is 0.221 e. The summed E-state index contributed by atoms with van der Waals surface area (Å²) in [5, 5.41) is 6.58. The molecule has 0 aliphatic heterocycles. The average molecular weight is 429 g/mol. The lowest BCUT2D eigenvalue weighted by Gasteiger charge is -2.10. The van der Waals surface area contributed by atoms with E-state index < -0.39 is 9.84 Å². The molecule has 0 bridgehead atoms. The Morgan fingerprint density at radius 1 is 1.13 bits per heavy atom. The predicted octanol–water partition coefficient (Wildman–Crippen LogP) is 3.45. The van der Waals surface area contributed by atoms with Crippen molar-refractivity contribution in [1.82, 2.24) is 10.5 Å². The van der Waals surface area contributed by atoms with Gasteiger partial charge in [-0.25, -0.2) is 8.42 Å². The van der Waals surface area contributed by atoms with Crippen molar-refractivity contribution in [3.8, 4) is 17.1 Å². The molecule has 0 saturated carbocycles. The SMILES string of the molecule is COc1cccc(CNC(=O)CCS(=O)(=O)c2cc(-c3cc(C)no3)ccc2C)c1. The summed E-state index contributed by atoms with van der Waals surface area (Å²) in [6.45, 7) is 3.82. The third-order valence-electron chi connectivity index (χ3n) is 4.66. The Labute approximate surface area is 176 Å². The molecule has 0 fully saturated rings. The molecule has 0 aliphatic carbocycles. The minimum atomic E-state index is -3.65. The number of carbonyl (C=O) groups is 1. The van der Waals surface area contributed by atoms with Gasteiger partial charge in [0.05, 0.1) is 23.5 Å². The summed E-state index contributed by atoms with van der Waals surface area (Å²) in [7, 11) is -2.07. The van der Waals surface area contributed by atoms with E-state index in [1.807, 2.05) is 24.3 Å². The van der Waals surface area contributed by atoms with Crippen LogP contribution in [0.2, 0.25) is 0 Å². The number of ether oxygens (including phenoxy) is 1. The Hall–Kier alpha value is -3.13. The Bertz CT molecular complexity index is 1150. The number of carbonyl (C=O) groups excluding carboxylic acids is 1. The summed E-state index contributed by atoms with van der Waals surface area (Å²) in [4.78, 5) is 12.4. The standard InChI is InChI=1S/C22H24N2O5S/c1-15-7-8-18(20-11-16(2)24-29-20)13-21(15)30(26,27)10-9-22(25)23-14-17-5-4-6-19(12-17)28-3/h4-8,11-13H,9-10,14H2,1-3H3,(H,23,25). The van der Waals surface area contributed by atoms with Crippen LogP contribution in [0.1, 0.15) is 23.2 Å². The first-order chi connectivity index (χ1) is 14.3. The molecule has 0 aliphatic rings. The van der Waals surface area contributed by atoms with E-state index in [0.29, 0.717) is 34.9 Å². The van der Waals surface area contributed by atoms with E-state index in [2.05, 4.69) is 10.5 Å². The number of nitrogens with zero attached hydrogens (tertiary/aromatic N) is 1. The Morgan fingerprint density at radius 2 is 1.93 bits per heavy atom. The largest absolute Gasteiger partial charge is 0.497 e. The zero-order valence-electron chi connectivity index (χ0n) is 17.1. The van der Waals surface area contributed by atoms with Crippen LogP contribution < -0.4 is 10.1 Å². The minimum Gasteiger partial charge on any atom is -0.497 e. The van der Waals surface area contributed by atoms with Gasteiger partial charge in [0.2, 0.25) is 5.91 Å². The highest BCUT2D eigenvalue weighted by molar-refractivity contribution is 7.91. The van der Waals surface area contributed by atoms with E-state index in [9.17, 15) is 13.2 Å². The second-order valence-electron chi connectivity index (χ2n) is 7.01. The van der Waals surface area contributed by atoms with Gasteiger partial charge < -0.3 is 14.6 Å². The first kappa shape index (κ1) is 21.6. The monoisotopic (exact) mass is 428 g/mol. The Morgan fingerprint density at radius 3 is 2.63 bits per heavy atom. The number of nitrogens with one attached hydrogen (secondary N) is 1. The molecule has 1 N–H and O–H groups in total. The molecular weight excluding hydrogens is 404 g/mol. The predicted molar refractivity (Wildman–Crippen MR) is 113 cm³/mol. The maximum absolute atomic E-state index is 12.9. The van der Waals surface area contributed by atoms with Crippen LogP contribution in [0, 0.1) is 13.8 Å². The fourth-order valence-electron chi connectivity index (χ4n) is 3.00. The number of hydrogen-bond donors (Lipinski definition) is 1. The van der Waals surface area contributed by atoms with Crippen molar-refractivity contribution in [2.45, 2.75) is 31.7 Å². The highest BCUT2D eigenvalue weighted by Crippen LogP contribution is 2.26. The number of hydrogen-bond acceptors (Lipinski definition) is 6. The van der Waals surface area contributed by atoms with E-state index in [0.717, 1.165) is 5.56 Å². The number of aryl methyl sites for hydroxylation is 2. The van der Waals surface area contributed by atoms with Gasteiger partial charge in [0.15, 0.2) is 15.6 Å². The molecule has 0 unspecified atom stereocenters. The van der Waals surface area contributed by atoms with Crippen LogP contribution >= 0.6 is 0 Å². The Kier molecular flexibility index (Phi) is 6.56. The van der Waals surface area contributed by atoms with Gasteiger partial charge in [-0.1, -0.05) is 29.4 Å². The molecule has 2 aromatic carbocycles. The third-order valence-corrected chi connectivity index (χ3v) is 6.51. The lowest BCUT2D eigenvalue weighted by molar-refractivity contribution is -0.120. The van der Waals surface area contributed by atoms with Gasteiger partial charge in [-0.15, -0.1) is 0 Å². The highest BCUT2D eigenvalue weighted by atomic mass is 32.2. The number of amides is 1. The summed E-state index contributed by atoms with van der Waals surface area (Å²) in [6.07, 6.45) is -0.128. The summed E-state index contributed by atoms with van der Waals surface area (Å²) in [5.41, 5.74) is 2.83. The molecule has 0 radical (unpaired) electrons. The van der Waals surface area contributed by atoms with Gasteiger partial charge in [-0.2, -0.15) is 0 Å². The molecule has 1 heterocycles. The van der Waals surface area contributed by atoms with Crippen molar-refractivity contribution in [3.63, 3.8) is 0 Å². The van der Waals surface area contributed by atoms with Gasteiger partial charge in [0.1, 0.15) is 5.75 Å². The zero-order chi connectivity index (χ0) is 21.7. The topological polar surface area (TPSA) is 98.5 Å². The van der Waals surface area contributed by atoms with Crippen LogP contribution in [-0.4, -0.2) is 32.3 Å². The van der Waals surface area contributed by atoms with Crippen molar-refractivity contribution in [3.05, 3.63) is 65.4 Å². The van der Waals surface area contributed by atoms with Crippen molar-refractivity contribution >= 4 is 15.7 Å². The second-order valence-corrected chi connectivity index (χ2v) is 9.09. The van der Waals surface area contributed by atoms with Gasteiger partial charge in [-0.05, 0) is 43.2 Å². The van der Waals surface area contributed by atoms with Crippen molar-refractivity contribution in [2.24, 2.45) is 0 Å². The lowest BCUT2D eigenvalue weighted by atomic mass is 10.1. The number of aromatic nitrogens is 1. The molecule has 1 aromatic heterocycles. The van der Waals surface area contributed by atoms with Gasteiger partial charge in [0.25, 0.3) is 0 Å². The number of rotatable bonds is 8. The van der Waals surface area contributed by atoms with Crippen LogP contribution in [0.3, 0.4) is 0 Å². The molecular formula is C22H24N2O5S. The van der Waals surface area contributed by atoms with Gasteiger partial charge in [-0.3, -0.25) is 4.79 Å². The zero-order valence-corrected chi connectivity index (χ0v) is 18.0. The number of sulfone groups is 1. The van der Waals surface area contributed by atoms with Gasteiger partial charge in [0, 0.05) is 24.6 Å². The summed E-state index contributed by atoms with van der Waals surface area (Å²) >= 11 is 0. The summed E-state index contributed by atoms with van der Waals surface area (Å²) in [6, 6.07) is 14.1. The number of benzene rings is 2. The molecule has 7 nitrogen and oxygen atoms in total. The van der Waals surface area contributed by atoms with Crippen LogP contribution in [0.15, 0.2) is 57.9 Å². The Balaban J connectivity index is 1.65. The molecule has 8 heteroatoms.